The Morgan fingerprint density at radius 2 is 1.62 bits per heavy atom. The van der Waals surface area contributed by atoms with Gasteiger partial charge in [-0.3, -0.25) is 4.90 Å². The van der Waals surface area contributed by atoms with E-state index in [-0.39, 0.29) is 0 Å². The summed E-state index contributed by atoms with van der Waals surface area (Å²) in [7, 11) is 2.24. The molecule has 94 valence electrons. The van der Waals surface area contributed by atoms with Crippen LogP contribution in [0, 0.1) is 5.41 Å². The van der Waals surface area contributed by atoms with E-state index in [1.54, 1.807) is 0 Å². The molecule has 0 radical (unpaired) electrons. The predicted octanol–water partition coefficient (Wildman–Crippen LogP) is 2.59. The van der Waals surface area contributed by atoms with Gasteiger partial charge < -0.3 is 4.90 Å². The number of nitrogens with zero attached hydrogens (tertiary/aromatic N) is 2. The average molecular weight is 224 g/mol. The third-order valence-corrected chi connectivity index (χ3v) is 5.07. The molecule has 16 heavy (non-hydrogen) atoms. The zero-order valence-corrected chi connectivity index (χ0v) is 11.3. The molecule has 2 fully saturated rings. The lowest BCUT2D eigenvalue weighted by molar-refractivity contribution is 0.0596. The topological polar surface area (TPSA) is 6.48 Å². The Labute approximate surface area is 101 Å². The molecule has 0 N–H and O–H groups in total. The van der Waals surface area contributed by atoms with Crippen molar-refractivity contribution in [3.8, 4) is 0 Å². The molecule has 0 spiro atoms. The highest BCUT2D eigenvalue weighted by atomic mass is 15.3. The quantitative estimate of drug-likeness (QED) is 0.711. The molecule has 2 rings (SSSR count). The van der Waals surface area contributed by atoms with Gasteiger partial charge in [-0.25, -0.2) is 0 Å². The fraction of sp³-hybridized carbons (Fsp3) is 1.00. The fourth-order valence-electron chi connectivity index (χ4n) is 3.21. The van der Waals surface area contributed by atoms with Crippen LogP contribution in [-0.2, 0) is 0 Å². The molecule has 0 atom stereocenters. The third-order valence-electron chi connectivity index (χ3n) is 5.07. The van der Waals surface area contributed by atoms with Gasteiger partial charge in [-0.1, -0.05) is 20.3 Å². The molecule has 0 bridgehead atoms. The highest BCUT2D eigenvalue weighted by molar-refractivity contribution is 4.87. The smallest absolute Gasteiger partial charge is 0.0113 e. The molecule has 2 aliphatic rings. The Balaban J connectivity index is 1.80. The summed E-state index contributed by atoms with van der Waals surface area (Å²) < 4.78 is 0. The van der Waals surface area contributed by atoms with Crippen molar-refractivity contribution in [2.75, 3.05) is 33.2 Å². The predicted molar refractivity (Wildman–Crippen MR) is 69.7 cm³/mol. The number of likely N-dealkylation sites (N-methyl/N-ethyl adjacent to an activating group) is 1. The van der Waals surface area contributed by atoms with Crippen LogP contribution in [-0.4, -0.2) is 49.1 Å². The van der Waals surface area contributed by atoms with E-state index in [1.165, 1.54) is 58.3 Å². The SMILES string of the molecule is CCC1(C)CCC(N2CCN(C)CC2)CC1. The summed E-state index contributed by atoms with van der Waals surface area (Å²) >= 11 is 0. The van der Waals surface area contributed by atoms with Crippen molar-refractivity contribution in [1.82, 2.24) is 9.80 Å². The molecule has 1 aliphatic carbocycles. The minimum Gasteiger partial charge on any atom is -0.304 e. The molecule has 2 heteroatoms. The molecule has 1 saturated carbocycles. The van der Waals surface area contributed by atoms with Gasteiger partial charge in [-0.15, -0.1) is 0 Å². The van der Waals surface area contributed by atoms with Crippen molar-refractivity contribution in [3.63, 3.8) is 0 Å². The summed E-state index contributed by atoms with van der Waals surface area (Å²) in [6.45, 7) is 9.96. The monoisotopic (exact) mass is 224 g/mol. The van der Waals surface area contributed by atoms with Gasteiger partial charge >= 0.3 is 0 Å². The third kappa shape index (κ3) is 2.78. The van der Waals surface area contributed by atoms with Crippen LogP contribution in [0.5, 0.6) is 0 Å². The highest BCUT2D eigenvalue weighted by Crippen LogP contribution is 2.40. The second-order valence-electron chi connectivity index (χ2n) is 6.23. The number of hydrogen-bond acceptors (Lipinski definition) is 2. The lowest BCUT2D eigenvalue weighted by Gasteiger charge is -2.44. The van der Waals surface area contributed by atoms with E-state index in [1.807, 2.05) is 0 Å². The first-order valence-electron chi connectivity index (χ1n) is 7.05. The van der Waals surface area contributed by atoms with Crippen LogP contribution in [0.4, 0.5) is 0 Å². The molecule has 0 amide bonds. The number of rotatable bonds is 2. The van der Waals surface area contributed by atoms with Gasteiger partial charge in [0.2, 0.25) is 0 Å². The summed E-state index contributed by atoms with van der Waals surface area (Å²) in [5, 5.41) is 0. The van der Waals surface area contributed by atoms with E-state index >= 15 is 0 Å². The normalized spacial score (nSPS) is 38.8. The summed E-state index contributed by atoms with van der Waals surface area (Å²) in [6, 6.07) is 0.897. The largest absolute Gasteiger partial charge is 0.304 e. The minimum absolute atomic E-state index is 0.656. The zero-order chi connectivity index (χ0) is 11.6. The average Bonchev–Trinajstić information content (AvgIpc) is 2.32. The first kappa shape index (κ1) is 12.4. The van der Waals surface area contributed by atoms with Crippen molar-refractivity contribution in [1.29, 1.82) is 0 Å². The van der Waals surface area contributed by atoms with Crippen molar-refractivity contribution in [2.24, 2.45) is 5.41 Å². The van der Waals surface area contributed by atoms with Gasteiger partial charge in [0, 0.05) is 32.2 Å². The van der Waals surface area contributed by atoms with Gasteiger partial charge in [-0.2, -0.15) is 0 Å². The van der Waals surface area contributed by atoms with Gasteiger partial charge in [-0.05, 0) is 38.1 Å². The summed E-state index contributed by atoms with van der Waals surface area (Å²) in [6.07, 6.45) is 7.13. The number of hydrogen-bond donors (Lipinski definition) is 0. The van der Waals surface area contributed by atoms with Crippen molar-refractivity contribution in [2.45, 2.75) is 52.0 Å². The Bertz CT molecular complexity index is 211. The molecule has 2 nitrogen and oxygen atoms in total. The van der Waals surface area contributed by atoms with Gasteiger partial charge in [0.25, 0.3) is 0 Å². The maximum absolute atomic E-state index is 2.75. The standard InChI is InChI=1S/C14H28N2/c1-4-14(2)7-5-13(6-8-14)16-11-9-15(3)10-12-16/h13H,4-12H2,1-3H3. The van der Waals surface area contributed by atoms with E-state index in [2.05, 4.69) is 30.7 Å². The molecule has 1 aliphatic heterocycles. The van der Waals surface area contributed by atoms with Crippen LogP contribution >= 0.6 is 0 Å². The Morgan fingerprint density at radius 1 is 1.06 bits per heavy atom. The van der Waals surface area contributed by atoms with E-state index < -0.39 is 0 Å². The Kier molecular flexibility index (Phi) is 3.91. The van der Waals surface area contributed by atoms with Crippen LogP contribution in [0.1, 0.15) is 46.0 Å². The van der Waals surface area contributed by atoms with Crippen LogP contribution in [0.25, 0.3) is 0 Å². The zero-order valence-electron chi connectivity index (χ0n) is 11.3. The van der Waals surface area contributed by atoms with E-state index in [0.717, 1.165) is 6.04 Å². The molecule has 1 heterocycles. The van der Waals surface area contributed by atoms with E-state index in [0.29, 0.717) is 5.41 Å². The maximum Gasteiger partial charge on any atom is 0.0113 e. The van der Waals surface area contributed by atoms with Gasteiger partial charge in [0.05, 0.1) is 0 Å². The van der Waals surface area contributed by atoms with Crippen LogP contribution < -0.4 is 0 Å². The molecular weight excluding hydrogens is 196 g/mol. The highest BCUT2D eigenvalue weighted by Gasteiger charge is 2.32. The second kappa shape index (κ2) is 5.05. The minimum atomic E-state index is 0.656. The Hall–Kier alpha value is -0.0800. The fourth-order valence-corrected chi connectivity index (χ4v) is 3.21. The summed E-state index contributed by atoms with van der Waals surface area (Å²) in [5.74, 6) is 0. The van der Waals surface area contributed by atoms with Gasteiger partial charge in [0.15, 0.2) is 0 Å². The van der Waals surface area contributed by atoms with Crippen LogP contribution in [0.15, 0.2) is 0 Å². The Morgan fingerprint density at radius 3 is 2.12 bits per heavy atom. The molecule has 0 unspecified atom stereocenters. The first-order valence-corrected chi connectivity index (χ1v) is 7.05. The molecule has 0 aromatic carbocycles. The van der Waals surface area contributed by atoms with Crippen molar-refractivity contribution < 1.29 is 0 Å². The van der Waals surface area contributed by atoms with E-state index in [4.69, 9.17) is 0 Å². The lowest BCUT2D eigenvalue weighted by Crippen LogP contribution is -2.50. The molecular formula is C14H28N2. The first-order chi connectivity index (χ1) is 7.63. The number of piperazine rings is 1. The maximum atomic E-state index is 2.75. The van der Waals surface area contributed by atoms with Crippen LogP contribution in [0.2, 0.25) is 0 Å². The van der Waals surface area contributed by atoms with E-state index in [9.17, 15) is 0 Å². The molecule has 0 aromatic heterocycles. The second-order valence-corrected chi connectivity index (χ2v) is 6.23. The summed E-state index contributed by atoms with van der Waals surface area (Å²) in [5.41, 5.74) is 0.656. The summed E-state index contributed by atoms with van der Waals surface area (Å²) in [4.78, 5) is 5.20. The van der Waals surface area contributed by atoms with Gasteiger partial charge in [0.1, 0.15) is 0 Å². The van der Waals surface area contributed by atoms with Crippen LogP contribution in [0.3, 0.4) is 0 Å². The lowest BCUT2D eigenvalue weighted by atomic mass is 9.72. The van der Waals surface area contributed by atoms with Crippen molar-refractivity contribution >= 4 is 0 Å². The molecule has 0 aromatic rings. The molecule has 1 saturated heterocycles. The van der Waals surface area contributed by atoms with Crippen molar-refractivity contribution in [3.05, 3.63) is 0 Å².